The van der Waals surface area contributed by atoms with Crippen molar-refractivity contribution in [1.82, 2.24) is 0 Å². The molecule has 0 radical (unpaired) electrons. The van der Waals surface area contributed by atoms with E-state index in [2.05, 4.69) is 63.0 Å². The summed E-state index contributed by atoms with van der Waals surface area (Å²) >= 11 is 7.06. The zero-order chi connectivity index (χ0) is 9.68. The van der Waals surface area contributed by atoms with Gasteiger partial charge in [-0.1, -0.05) is 57.3 Å². The molecule has 0 amide bonds. The number of rotatable bonds is 4. The summed E-state index contributed by atoms with van der Waals surface area (Å²) in [6.45, 7) is 2.23. The summed E-state index contributed by atoms with van der Waals surface area (Å²) in [5.41, 5.74) is 1.42. The van der Waals surface area contributed by atoms with Crippen molar-refractivity contribution in [2.24, 2.45) is 0 Å². The highest BCUT2D eigenvalue weighted by Crippen LogP contribution is 2.25. The van der Waals surface area contributed by atoms with E-state index in [-0.39, 0.29) is 0 Å². The fourth-order valence-electron chi connectivity index (χ4n) is 1.44. The van der Waals surface area contributed by atoms with Crippen LogP contribution < -0.4 is 0 Å². The molecular formula is C11H14Br2. The lowest BCUT2D eigenvalue weighted by molar-refractivity contribution is 0.676. The van der Waals surface area contributed by atoms with Crippen LogP contribution in [0.1, 0.15) is 31.2 Å². The molecule has 1 rings (SSSR count). The minimum Gasteiger partial charge on any atom is -0.0921 e. The van der Waals surface area contributed by atoms with Gasteiger partial charge in [0, 0.05) is 9.80 Å². The van der Waals surface area contributed by atoms with Gasteiger partial charge in [0.1, 0.15) is 0 Å². The minimum atomic E-state index is 0.655. The lowest BCUT2D eigenvalue weighted by Gasteiger charge is -2.13. The van der Waals surface area contributed by atoms with Gasteiger partial charge in [-0.2, -0.15) is 0 Å². The van der Waals surface area contributed by atoms with E-state index in [0.29, 0.717) is 5.92 Å². The zero-order valence-electron chi connectivity index (χ0n) is 7.76. The Balaban J connectivity index is 2.78. The van der Waals surface area contributed by atoms with Gasteiger partial charge in [0.2, 0.25) is 0 Å². The number of halogens is 2. The number of alkyl halides is 1. The fraction of sp³-hybridized carbons (Fsp3) is 0.455. The van der Waals surface area contributed by atoms with Crippen LogP contribution in [0.15, 0.2) is 28.7 Å². The standard InChI is InChI=1S/C11H14Br2/c1-2-4-10(8-12)9-5-3-6-11(13)7-9/h3,5-7,10H,2,4,8H2,1H3. The molecule has 1 atom stereocenters. The summed E-state index contributed by atoms with van der Waals surface area (Å²) in [4.78, 5) is 0. The highest BCUT2D eigenvalue weighted by Gasteiger charge is 2.08. The molecule has 0 N–H and O–H groups in total. The van der Waals surface area contributed by atoms with Gasteiger partial charge in [0.15, 0.2) is 0 Å². The third-order valence-corrected chi connectivity index (χ3v) is 3.42. The molecule has 0 fully saturated rings. The van der Waals surface area contributed by atoms with Crippen molar-refractivity contribution >= 4 is 31.9 Å². The molecule has 1 aromatic rings. The molecule has 0 aromatic heterocycles. The maximum atomic E-state index is 3.56. The first-order valence-corrected chi connectivity index (χ1v) is 6.50. The molecule has 0 nitrogen and oxygen atoms in total. The second-order valence-electron chi connectivity index (χ2n) is 3.19. The van der Waals surface area contributed by atoms with Crippen LogP contribution >= 0.6 is 31.9 Å². The van der Waals surface area contributed by atoms with E-state index in [1.165, 1.54) is 22.9 Å². The maximum absolute atomic E-state index is 3.56. The lowest BCUT2D eigenvalue weighted by atomic mass is 9.97. The minimum absolute atomic E-state index is 0.655. The molecule has 0 saturated heterocycles. The van der Waals surface area contributed by atoms with Crippen molar-refractivity contribution in [2.75, 3.05) is 5.33 Å². The predicted molar refractivity (Wildman–Crippen MR) is 65.6 cm³/mol. The molecule has 0 spiro atoms. The average Bonchev–Trinajstić information content (AvgIpc) is 2.14. The van der Waals surface area contributed by atoms with Crippen LogP contribution in [0.2, 0.25) is 0 Å². The van der Waals surface area contributed by atoms with Gasteiger partial charge in [-0.3, -0.25) is 0 Å². The van der Waals surface area contributed by atoms with Crippen LogP contribution in [-0.2, 0) is 0 Å². The van der Waals surface area contributed by atoms with Crippen molar-refractivity contribution in [2.45, 2.75) is 25.7 Å². The fourth-order valence-corrected chi connectivity index (χ4v) is 2.56. The van der Waals surface area contributed by atoms with Crippen LogP contribution in [0, 0.1) is 0 Å². The molecule has 0 aliphatic rings. The molecule has 13 heavy (non-hydrogen) atoms. The molecular weight excluding hydrogens is 292 g/mol. The topological polar surface area (TPSA) is 0 Å². The van der Waals surface area contributed by atoms with E-state index in [1.54, 1.807) is 0 Å². The molecule has 1 unspecified atom stereocenters. The average molecular weight is 306 g/mol. The van der Waals surface area contributed by atoms with Gasteiger partial charge < -0.3 is 0 Å². The molecule has 0 heterocycles. The zero-order valence-corrected chi connectivity index (χ0v) is 10.9. The van der Waals surface area contributed by atoms with E-state index >= 15 is 0 Å². The van der Waals surface area contributed by atoms with Gasteiger partial charge in [-0.15, -0.1) is 0 Å². The second kappa shape index (κ2) is 5.82. The number of hydrogen-bond acceptors (Lipinski definition) is 0. The van der Waals surface area contributed by atoms with Crippen molar-refractivity contribution < 1.29 is 0 Å². The van der Waals surface area contributed by atoms with Crippen molar-refractivity contribution in [3.05, 3.63) is 34.3 Å². The molecule has 72 valence electrons. The summed E-state index contributed by atoms with van der Waals surface area (Å²) in [5.74, 6) is 0.655. The Morgan fingerprint density at radius 2 is 2.15 bits per heavy atom. The maximum Gasteiger partial charge on any atom is 0.0178 e. The lowest BCUT2D eigenvalue weighted by Crippen LogP contribution is -1.99. The van der Waals surface area contributed by atoms with Crippen LogP contribution in [0.5, 0.6) is 0 Å². The van der Waals surface area contributed by atoms with Gasteiger partial charge in [-0.25, -0.2) is 0 Å². The largest absolute Gasteiger partial charge is 0.0921 e. The van der Waals surface area contributed by atoms with Crippen molar-refractivity contribution in [3.8, 4) is 0 Å². The van der Waals surface area contributed by atoms with Crippen LogP contribution in [-0.4, -0.2) is 5.33 Å². The Bertz CT molecular complexity index is 258. The van der Waals surface area contributed by atoms with E-state index in [4.69, 9.17) is 0 Å². The third kappa shape index (κ3) is 3.43. The van der Waals surface area contributed by atoms with E-state index in [0.717, 1.165) is 5.33 Å². The number of benzene rings is 1. The summed E-state index contributed by atoms with van der Waals surface area (Å²) in [6, 6.07) is 8.58. The first-order chi connectivity index (χ1) is 6.27. The predicted octanol–water partition coefficient (Wildman–Crippen LogP) is 4.73. The Labute approximate surface area is 97.0 Å². The van der Waals surface area contributed by atoms with Crippen LogP contribution in [0.25, 0.3) is 0 Å². The third-order valence-electron chi connectivity index (χ3n) is 2.14. The molecule has 0 saturated carbocycles. The summed E-state index contributed by atoms with van der Waals surface area (Å²) in [5, 5.41) is 1.05. The summed E-state index contributed by atoms with van der Waals surface area (Å²) in [7, 11) is 0. The highest BCUT2D eigenvalue weighted by atomic mass is 79.9. The molecule has 1 aromatic carbocycles. The van der Waals surface area contributed by atoms with Gasteiger partial charge in [-0.05, 0) is 30.0 Å². The highest BCUT2D eigenvalue weighted by molar-refractivity contribution is 9.10. The normalized spacial score (nSPS) is 12.8. The summed E-state index contributed by atoms with van der Waals surface area (Å²) < 4.78 is 1.17. The Kier molecular flexibility index (Phi) is 5.04. The SMILES string of the molecule is CCCC(CBr)c1cccc(Br)c1. The van der Waals surface area contributed by atoms with Gasteiger partial charge in [0.25, 0.3) is 0 Å². The van der Waals surface area contributed by atoms with Crippen molar-refractivity contribution in [1.29, 1.82) is 0 Å². The second-order valence-corrected chi connectivity index (χ2v) is 4.76. The molecule has 0 aliphatic heterocycles. The van der Waals surface area contributed by atoms with E-state index in [1.807, 2.05) is 0 Å². The van der Waals surface area contributed by atoms with Crippen LogP contribution in [0.4, 0.5) is 0 Å². The molecule has 0 aliphatic carbocycles. The van der Waals surface area contributed by atoms with Gasteiger partial charge in [0.05, 0.1) is 0 Å². The Morgan fingerprint density at radius 3 is 2.69 bits per heavy atom. The van der Waals surface area contributed by atoms with E-state index in [9.17, 15) is 0 Å². The molecule has 0 bridgehead atoms. The first-order valence-electron chi connectivity index (χ1n) is 4.59. The molecule has 2 heteroatoms. The Morgan fingerprint density at radius 1 is 1.38 bits per heavy atom. The van der Waals surface area contributed by atoms with Gasteiger partial charge >= 0.3 is 0 Å². The number of hydrogen-bond donors (Lipinski definition) is 0. The smallest absolute Gasteiger partial charge is 0.0178 e. The van der Waals surface area contributed by atoms with E-state index < -0.39 is 0 Å². The monoisotopic (exact) mass is 304 g/mol. The first kappa shape index (κ1) is 11.3. The summed E-state index contributed by atoms with van der Waals surface area (Å²) in [6.07, 6.45) is 2.49. The van der Waals surface area contributed by atoms with Crippen LogP contribution in [0.3, 0.4) is 0 Å². The Hall–Kier alpha value is 0.180. The quantitative estimate of drug-likeness (QED) is 0.706. The van der Waals surface area contributed by atoms with Crippen molar-refractivity contribution in [3.63, 3.8) is 0 Å².